The molecule has 0 aromatic heterocycles. The van der Waals surface area contributed by atoms with Crippen LogP contribution in [0.1, 0.15) is 111 Å². The van der Waals surface area contributed by atoms with Crippen LogP contribution in [0.4, 0.5) is 30.6 Å². The van der Waals surface area contributed by atoms with Crippen molar-refractivity contribution in [3.63, 3.8) is 0 Å². The highest BCUT2D eigenvalue weighted by molar-refractivity contribution is 6.05. The fraction of sp³-hybridized carbons (Fsp3) is 0.533. The summed E-state index contributed by atoms with van der Waals surface area (Å²) in [4.78, 5) is 77.8. The largest absolute Gasteiger partial charge is 0.444 e. The summed E-state index contributed by atoms with van der Waals surface area (Å²) >= 11 is 0. The van der Waals surface area contributed by atoms with Gasteiger partial charge in [-0.1, -0.05) is 18.2 Å². The Kier molecular flexibility index (Phi) is 15.4. The zero-order valence-electron chi connectivity index (χ0n) is 38.5. The van der Waals surface area contributed by atoms with Crippen LogP contribution in [0.5, 0.6) is 0 Å². The number of benzene rings is 2. The lowest BCUT2D eigenvalue weighted by molar-refractivity contribution is 0.0536. The van der Waals surface area contributed by atoms with Gasteiger partial charge in [-0.25, -0.2) is 19.2 Å². The molecule has 0 saturated carbocycles. The molecule has 0 radical (unpaired) electrons. The SMILES string of the molecule is Cc1cc(N2CCN(/C(=N\C(=O)OC(C)(C)C)NC(=O)OC(C)(C)C)CC2)ccc1NC(=O)c1ccc(C2=CCN(/C(=N\C(=O)OC(C)(C)C)NC(=O)OC(C)(C)C)CC2)cc1. The molecule has 2 aliphatic rings. The number of guanidine groups is 2. The second-order valence-corrected chi connectivity index (χ2v) is 19.0. The quantitative estimate of drug-likeness (QED) is 0.152. The Morgan fingerprint density at radius 1 is 0.597 bits per heavy atom. The van der Waals surface area contributed by atoms with E-state index in [1.54, 1.807) is 100 Å². The molecule has 4 rings (SSSR count). The maximum absolute atomic E-state index is 13.4. The number of piperazine rings is 1. The first kappa shape index (κ1) is 48.5. The molecular formula is C45H64N8O9. The number of hydrogen-bond donors (Lipinski definition) is 3. The van der Waals surface area contributed by atoms with Crippen molar-refractivity contribution in [2.45, 2.75) is 119 Å². The summed E-state index contributed by atoms with van der Waals surface area (Å²) in [7, 11) is 0. The second-order valence-electron chi connectivity index (χ2n) is 19.0. The minimum Gasteiger partial charge on any atom is -0.444 e. The normalized spacial score (nSPS) is 15.6. The molecular weight excluding hydrogens is 797 g/mol. The van der Waals surface area contributed by atoms with Crippen LogP contribution in [0, 0.1) is 6.92 Å². The zero-order chi connectivity index (χ0) is 46.2. The Balaban J connectivity index is 1.37. The molecule has 3 N–H and O–H groups in total. The summed E-state index contributed by atoms with van der Waals surface area (Å²) < 4.78 is 21.5. The van der Waals surface area contributed by atoms with Crippen molar-refractivity contribution < 1.29 is 42.9 Å². The van der Waals surface area contributed by atoms with Crippen LogP contribution in [0.15, 0.2) is 58.5 Å². The minimum atomic E-state index is -0.830. The average Bonchev–Trinajstić information content (AvgIpc) is 3.12. The highest BCUT2D eigenvalue weighted by atomic mass is 16.6. The number of anilines is 2. The predicted molar refractivity (Wildman–Crippen MR) is 240 cm³/mol. The van der Waals surface area contributed by atoms with E-state index in [1.165, 1.54) is 0 Å². The molecule has 1 fully saturated rings. The van der Waals surface area contributed by atoms with Crippen LogP contribution in [0.2, 0.25) is 0 Å². The van der Waals surface area contributed by atoms with Crippen molar-refractivity contribution >= 4 is 59.1 Å². The Labute approximate surface area is 365 Å². The monoisotopic (exact) mass is 860 g/mol. The van der Waals surface area contributed by atoms with Gasteiger partial charge in [-0.05, 0) is 143 Å². The van der Waals surface area contributed by atoms with Gasteiger partial charge in [-0.15, -0.1) is 9.98 Å². The smallest absolute Gasteiger partial charge is 0.437 e. The van der Waals surface area contributed by atoms with E-state index < -0.39 is 46.8 Å². The van der Waals surface area contributed by atoms with Gasteiger partial charge in [0.05, 0.1) is 0 Å². The van der Waals surface area contributed by atoms with Gasteiger partial charge in [0.1, 0.15) is 22.4 Å². The van der Waals surface area contributed by atoms with Crippen molar-refractivity contribution in [1.82, 2.24) is 20.4 Å². The lowest BCUT2D eigenvalue weighted by Crippen LogP contribution is -2.54. The van der Waals surface area contributed by atoms with Crippen LogP contribution in [-0.4, -0.2) is 114 Å². The Morgan fingerprint density at radius 3 is 1.52 bits per heavy atom. The van der Waals surface area contributed by atoms with Crippen LogP contribution in [0.3, 0.4) is 0 Å². The Bertz CT molecular complexity index is 2060. The molecule has 2 aromatic carbocycles. The van der Waals surface area contributed by atoms with E-state index in [9.17, 15) is 24.0 Å². The highest BCUT2D eigenvalue weighted by Gasteiger charge is 2.28. The fourth-order valence-electron chi connectivity index (χ4n) is 6.20. The van der Waals surface area contributed by atoms with Gasteiger partial charge in [-0.3, -0.25) is 15.4 Å². The summed E-state index contributed by atoms with van der Waals surface area (Å²) in [6, 6.07) is 13.2. The van der Waals surface area contributed by atoms with Gasteiger partial charge in [0.2, 0.25) is 11.9 Å². The fourth-order valence-corrected chi connectivity index (χ4v) is 6.20. The van der Waals surface area contributed by atoms with Crippen LogP contribution in [0.25, 0.3) is 5.57 Å². The second kappa shape index (κ2) is 19.7. The maximum Gasteiger partial charge on any atom is 0.437 e. The molecule has 2 aliphatic heterocycles. The van der Waals surface area contributed by atoms with Gasteiger partial charge in [-0.2, -0.15) is 0 Å². The van der Waals surface area contributed by atoms with E-state index in [1.807, 2.05) is 48.2 Å². The van der Waals surface area contributed by atoms with Crippen molar-refractivity contribution in [2.24, 2.45) is 9.98 Å². The highest BCUT2D eigenvalue weighted by Crippen LogP contribution is 2.26. The number of alkyl carbamates (subject to hydrolysis) is 2. The summed E-state index contributed by atoms with van der Waals surface area (Å²) in [5, 5.41) is 8.26. The van der Waals surface area contributed by atoms with Gasteiger partial charge < -0.3 is 39.0 Å². The number of hydrogen-bond acceptors (Lipinski definition) is 10. The van der Waals surface area contributed by atoms with Gasteiger partial charge in [0.25, 0.3) is 5.91 Å². The summed E-state index contributed by atoms with van der Waals surface area (Å²) in [6.07, 6.45) is -0.541. The molecule has 17 heteroatoms. The lowest BCUT2D eigenvalue weighted by Gasteiger charge is -2.37. The molecule has 62 heavy (non-hydrogen) atoms. The first-order valence-corrected chi connectivity index (χ1v) is 20.7. The third-order valence-electron chi connectivity index (χ3n) is 8.84. The van der Waals surface area contributed by atoms with Crippen molar-refractivity contribution in [1.29, 1.82) is 0 Å². The number of carbonyl (C=O) groups is 5. The average molecular weight is 861 g/mol. The van der Waals surface area contributed by atoms with Gasteiger partial charge >= 0.3 is 24.4 Å². The number of amides is 5. The minimum absolute atomic E-state index is 0.0344. The molecule has 0 spiro atoms. The molecule has 0 unspecified atom stereocenters. The van der Waals surface area contributed by atoms with E-state index >= 15 is 0 Å². The first-order valence-electron chi connectivity index (χ1n) is 20.7. The van der Waals surface area contributed by atoms with E-state index in [4.69, 9.17) is 18.9 Å². The van der Waals surface area contributed by atoms with Gasteiger partial charge in [0, 0.05) is 56.2 Å². The van der Waals surface area contributed by atoms with Crippen molar-refractivity contribution in [3.8, 4) is 0 Å². The van der Waals surface area contributed by atoms with Crippen LogP contribution < -0.4 is 20.9 Å². The lowest BCUT2D eigenvalue weighted by atomic mass is 9.98. The van der Waals surface area contributed by atoms with Crippen LogP contribution >= 0.6 is 0 Å². The van der Waals surface area contributed by atoms with Crippen molar-refractivity contribution in [3.05, 3.63) is 65.2 Å². The molecule has 0 bridgehead atoms. The zero-order valence-corrected chi connectivity index (χ0v) is 38.5. The Morgan fingerprint density at radius 2 is 1.08 bits per heavy atom. The molecule has 2 heterocycles. The van der Waals surface area contributed by atoms with Crippen LogP contribution in [-0.2, 0) is 18.9 Å². The number of nitrogens with one attached hydrogen (secondary N) is 3. The molecule has 0 aliphatic carbocycles. The summed E-state index contributed by atoms with van der Waals surface area (Å²) in [6.45, 7) is 25.7. The first-order chi connectivity index (χ1) is 28.6. The molecule has 5 amide bonds. The topological polar surface area (TPSA) is 193 Å². The maximum atomic E-state index is 13.4. The molecule has 1 saturated heterocycles. The number of nitrogens with zero attached hydrogens (tertiary/aromatic N) is 5. The van der Waals surface area contributed by atoms with E-state index in [0.29, 0.717) is 56.9 Å². The van der Waals surface area contributed by atoms with E-state index in [0.717, 1.165) is 22.4 Å². The van der Waals surface area contributed by atoms with Crippen molar-refractivity contribution in [2.75, 3.05) is 49.5 Å². The summed E-state index contributed by atoms with van der Waals surface area (Å²) in [5.74, 6) is -0.162. The standard InChI is InChI=1S/C45H64N8O9/c1-29-28-33(51-24-26-53(27-25-51)37(49-40(57)61-44(8,9)10)50-41(58)62-45(11,12)13)18-19-34(29)46-35(54)32-16-14-30(15-17-32)31-20-22-52(23-21-31)36(47-38(55)59-42(2,3)4)48-39(56)60-43(5,6)7/h14-20,28H,21-27H2,1-13H3,(H,46,54)(H,47,48,55,56)(H,49,50,57,58). The number of ether oxygens (including phenoxy) is 4. The predicted octanol–water partition coefficient (Wildman–Crippen LogP) is 8.09. The number of aryl methyl sites for hydroxylation is 1. The number of rotatable bonds is 4. The third-order valence-corrected chi connectivity index (χ3v) is 8.84. The molecule has 0 atom stereocenters. The molecule has 2 aromatic rings. The number of aliphatic imine (C=N–C) groups is 2. The Hall–Kier alpha value is -6.13. The molecule has 17 nitrogen and oxygen atoms in total. The summed E-state index contributed by atoms with van der Waals surface area (Å²) in [5.41, 5.74) is 1.96. The molecule has 338 valence electrons. The third kappa shape index (κ3) is 16.0. The van der Waals surface area contributed by atoms with Gasteiger partial charge in [0.15, 0.2) is 0 Å². The van der Waals surface area contributed by atoms with E-state index in [2.05, 4.69) is 30.8 Å². The van der Waals surface area contributed by atoms with E-state index in [-0.39, 0.29) is 17.8 Å². The number of carbonyl (C=O) groups excluding carboxylic acids is 5.